The standard InChI is InChI=1S/C14H15F3N2O3S/c1-3-9(4-2)13(20)19-23(21,22)11-6-5-10(8-18)12(7-11)14(15,16)17/h5-7,9H,3-4H2,1-2H3,(H,19,20). The zero-order valence-electron chi connectivity index (χ0n) is 12.4. The molecule has 0 aliphatic rings. The van der Waals surface area contributed by atoms with Crippen LogP contribution in [-0.4, -0.2) is 14.3 Å². The summed E-state index contributed by atoms with van der Waals surface area (Å²) in [4.78, 5) is 11.1. The molecule has 0 atom stereocenters. The minimum atomic E-state index is -4.88. The number of rotatable bonds is 5. The minimum Gasteiger partial charge on any atom is -0.274 e. The fraction of sp³-hybridized carbons (Fsp3) is 0.429. The number of hydrogen-bond donors (Lipinski definition) is 1. The van der Waals surface area contributed by atoms with Gasteiger partial charge in [0.2, 0.25) is 5.91 Å². The topological polar surface area (TPSA) is 87.0 Å². The van der Waals surface area contributed by atoms with E-state index in [-0.39, 0.29) is 0 Å². The molecule has 0 aromatic heterocycles. The molecular weight excluding hydrogens is 333 g/mol. The van der Waals surface area contributed by atoms with Crippen LogP contribution >= 0.6 is 0 Å². The van der Waals surface area contributed by atoms with E-state index < -0.39 is 44.0 Å². The molecule has 0 saturated heterocycles. The Bertz CT molecular complexity index is 733. The molecule has 1 aromatic carbocycles. The average Bonchev–Trinajstić information content (AvgIpc) is 2.46. The number of nitrogens with one attached hydrogen (secondary N) is 1. The number of hydrogen-bond acceptors (Lipinski definition) is 4. The maximum Gasteiger partial charge on any atom is 0.417 e. The molecule has 1 N–H and O–H groups in total. The van der Waals surface area contributed by atoms with Crippen molar-refractivity contribution in [3.63, 3.8) is 0 Å². The molecule has 1 aromatic rings. The van der Waals surface area contributed by atoms with E-state index in [0.29, 0.717) is 18.9 Å². The van der Waals surface area contributed by atoms with Crippen LogP contribution in [0.2, 0.25) is 0 Å². The van der Waals surface area contributed by atoms with Crippen LogP contribution in [0.5, 0.6) is 0 Å². The van der Waals surface area contributed by atoms with Crippen LogP contribution in [-0.2, 0) is 21.0 Å². The van der Waals surface area contributed by atoms with Gasteiger partial charge in [-0.1, -0.05) is 13.8 Å². The number of halogens is 3. The Morgan fingerprint density at radius 1 is 1.30 bits per heavy atom. The Balaban J connectivity index is 3.25. The van der Waals surface area contributed by atoms with Gasteiger partial charge in [-0.2, -0.15) is 18.4 Å². The number of nitriles is 1. The highest BCUT2D eigenvalue weighted by molar-refractivity contribution is 7.90. The first-order valence-electron chi connectivity index (χ1n) is 6.74. The normalized spacial score (nSPS) is 12.0. The van der Waals surface area contributed by atoms with Crippen LogP contribution in [0.1, 0.15) is 37.8 Å². The number of carbonyl (C=O) groups excluding carboxylic acids is 1. The second kappa shape index (κ2) is 7.00. The zero-order chi connectivity index (χ0) is 17.8. The molecule has 0 saturated carbocycles. The van der Waals surface area contributed by atoms with Gasteiger partial charge in [-0.05, 0) is 31.0 Å². The first-order chi connectivity index (χ1) is 10.6. The number of carbonyl (C=O) groups is 1. The zero-order valence-corrected chi connectivity index (χ0v) is 13.3. The molecule has 0 spiro atoms. The van der Waals surface area contributed by atoms with Crippen molar-refractivity contribution in [3.8, 4) is 6.07 Å². The molecule has 1 amide bonds. The summed E-state index contributed by atoms with van der Waals surface area (Å²) in [5, 5.41) is 8.69. The number of nitrogens with zero attached hydrogens (tertiary/aromatic N) is 1. The van der Waals surface area contributed by atoms with Crippen molar-refractivity contribution in [1.29, 1.82) is 5.26 Å². The molecule has 0 fully saturated rings. The molecule has 0 aliphatic carbocycles. The predicted octanol–water partition coefficient (Wildman–Crippen LogP) is 2.82. The van der Waals surface area contributed by atoms with E-state index in [0.717, 1.165) is 12.1 Å². The first kappa shape index (κ1) is 19.0. The molecule has 126 valence electrons. The third-order valence-corrected chi connectivity index (χ3v) is 4.66. The van der Waals surface area contributed by atoms with E-state index in [2.05, 4.69) is 0 Å². The summed E-state index contributed by atoms with van der Waals surface area (Å²) < 4.78 is 64.5. The maximum atomic E-state index is 12.9. The highest BCUT2D eigenvalue weighted by Gasteiger charge is 2.35. The highest BCUT2D eigenvalue weighted by Crippen LogP contribution is 2.33. The number of sulfonamides is 1. The second-order valence-electron chi connectivity index (χ2n) is 4.80. The molecule has 0 unspecified atom stereocenters. The quantitative estimate of drug-likeness (QED) is 0.886. The SMILES string of the molecule is CCC(CC)C(=O)NS(=O)(=O)c1ccc(C#N)c(C(F)(F)F)c1. The fourth-order valence-electron chi connectivity index (χ4n) is 1.96. The lowest BCUT2D eigenvalue weighted by Gasteiger charge is -2.14. The molecule has 5 nitrogen and oxygen atoms in total. The lowest BCUT2D eigenvalue weighted by atomic mass is 10.0. The van der Waals surface area contributed by atoms with Crippen LogP contribution in [0.3, 0.4) is 0 Å². The number of benzene rings is 1. The van der Waals surface area contributed by atoms with Gasteiger partial charge < -0.3 is 0 Å². The van der Waals surface area contributed by atoms with Gasteiger partial charge in [0.15, 0.2) is 0 Å². The van der Waals surface area contributed by atoms with Crippen LogP contribution in [0.4, 0.5) is 13.2 Å². The van der Waals surface area contributed by atoms with Crippen molar-refractivity contribution in [3.05, 3.63) is 29.3 Å². The largest absolute Gasteiger partial charge is 0.417 e. The third kappa shape index (κ3) is 4.45. The number of amides is 1. The Labute approximate surface area is 132 Å². The monoisotopic (exact) mass is 348 g/mol. The second-order valence-corrected chi connectivity index (χ2v) is 6.48. The lowest BCUT2D eigenvalue weighted by Crippen LogP contribution is -2.35. The summed E-state index contributed by atoms with van der Waals surface area (Å²) in [6.07, 6.45) is -4.08. The van der Waals surface area contributed by atoms with E-state index in [1.807, 2.05) is 0 Å². The molecule has 0 aliphatic heterocycles. The highest BCUT2D eigenvalue weighted by atomic mass is 32.2. The van der Waals surface area contributed by atoms with Gasteiger partial charge in [-0.25, -0.2) is 13.1 Å². The van der Waals surface area contributed by atoms with E-state index in [1.165, 1.54) is 6.07 Å². The molecule has 9 heteroatoms. The van der Waals surface area contributed by atoms with E-state index in [1.54, 1.807) is 18.6 Å². The number of alkyl halides is 3. The average molecular weight is 348 g/mol. The first-order valence-corrected chi connectivity index (χ1v) is 8.23. The van der Waals surface area contributed by atoms with Gasteiger partial charge in [0, 0.05) is 5.92 Å². The van der Waals surface area contributed by atoms with Crippen molar-refractivity contribution < 1.29 is 26.4 Å². The summed E-state index contributed by atoms with van der Waals surface area (Å²) >= 11 is 0. The van der Waals surface area contributed by atoms with E-state index >= 15 is 0 Å². The third-order valence-electron chi connectivity index (χ3n) is 3.32. The van der Waals surface area contributed by atoms with E-state index in [9.17, 15) is 26.4 Å². The molecule has 23 heavy (non-hydrogen) atoms. The van der Waals surface area contributed by atoms with Gasteiger partial charge in [0.1, 0.15) is 0 Å². The van der Waals surface area contributed by atoms with Crippen LogP contribution < -0.4 is 4.72 Å². The van der Waals surface area contributed by atoms with Crippen LogP contribution in [0.15, 0.2) is 23.1 Å². The van der Waals surface area contributed by atoms with Gasteiger partial charge in [0.25, 0.3) is 10.0 Å². The lowest BCUT2D eigenvalue weighted by molar-refractivity contribution is -0.138. The predicted molar refractivity (Wildman–Crippen MR) is 75.6 cm³/mol. The summed E-state index contributed by atoms with van der Waals surface area (Å²) in [6.45, 7) is 3.40. The van der Waals surface area contributed by atoms with Crippen LogP contribution in [0.25, 0.3) is 0 Å². The van der Waals surface area contributed by atoms with Crippen molar-refractivity contribution in [1.82, 2.24) is 4.72 Å². The Kier molecular flexibility index (Phi) is 5.77. The van der Waals surface area contributed by atoms with Gasteiger partial charge in [0.05, 0.1) is 22.1 Å². The van der Waals surface area contributed by atoms with Crippen molar-refractivity contribution in [2.75, 3.05) is 0 Å². The molecule has 1 rings (SSSR count). The molecule has 0 bridgehead atoms. The van der Waals surface area contributed by atoms with Crippen molar-refractivity contribution >= 4 is 15.9 Å². The molecular formula is C14H15F3N2O3S. The molecule has 0 radical (unpaired) electrons. The van der Waals surface area contributed by atoms with Crippen molar-refractivity contribution in [2.24, 2.45) is 5.92 Å². The Morgan fingerprint density at radius 3 is 2.30 bits per heavy atom. The van der Waals surface area contributed by atoms with E-state index in [4.69, 9.17) is 5.26 Å². The molecule has 0 heterocycles. The Morgan fingerprint density at radius 2 is 1.87 bits per heavy atom. The smallest absolute Gasteiger partial charge is 0.274 e. The summed E-state index contributed by atoms with van der Waals surface area (Å²) in [7, 11) is -4.44. The van der Waals surface area contributed by atoms with Gasteiger partial charge in [-0.15, -0.1) is 0 Å². The van der Waals surface area contributed by atoms with Gasteiger partial charge >= 0.3 is 6.18 Å². The minimum absolute atomic E-state index is 0.348. The summed E-state index contributed by atoms with van der Waals surface area (Å²) in [5.41, 5.74) is -2.05. The van der Waals surface area contributed by atoms with Crippen LogP contribution in [0, 0.1) is 17.2 Å². The fourth-order valence-corrected chi connectivity index (χ4v) is 3.03. The van der Waals surface area contributed by atoms with Gasteiger partial charge in [-0.3, -0.25) is 4.79 Å². The Hall–Kier alpha value is -2.08. The summed E-state index contributed by atoms with van der Waals surface area (Å²) in [5.74, 6) is -1.32. The summed E-state index contributed by atoms with van der Waals surface area (Å²) in [6, 6.07) is 3.32. The maximum absolute atomic E-state index is 12.9. The van der Waals surface area contributed by atoms with Crippen molar-refractivity contribution in [2.45, 2.75) is 37.8 Å².